The van der Waals surface area contributed by atoms with E-state index < -0.39 is 11.6 Å². The van der Waals surface area contributed by atoms with Crippen LogP contribution in [0.4, 0.5) is 0 Å². The maximum absolute atomic E-state index is 12.4. The summed E-state index contributed by atoms with van der Waals surface area (Å²) in [7, 11) is 0. The maximum atomic E-state index is 12.4. The zero-order valence-corrected chi connectivity index (χ0v) is 15.4. The number of imide groups is 1. The summed E-state index contributed by atoms with van der Waals surface area (Å²) in [6.45, 7) is 5.06. The van der Waals surface area contributed by atoms with E-state index in [9.17, 15) is 14.4 Å². The van der Waals surface area contributed by atoms with Crippen LogP contribution in [0.25, 0.3) is 0 Å². The highest BCUT2D eigenvalue weighted by molar-refractivity contribution is 6.21. The minimum atomic E-state index is -0.596. The number of benzene rings is 1. The summed E-state index contributed by atoms with van der Waals surface area (Å²) < 4.78 is 10.5. The minimum absolute atomic E-state index is 0.0238. The summed E-state index contributed by atoms with van der Waals surface area (Å²) in [6, 6.07) is 11.7. The number of fused-ring (bicyclic) bond motifs is 1. The van der Waals surface area contributed by atoms with Crippen molar-refractivity contribution in [2.45, 2.75) is 32.9 Å². The summed E-state index contributed by atoms with van der Waals surface area (Å²) in [5.74, 6) is -0.986. The summed E-state index contributed by atoms with van der Waals surface area (Å²) in [5, 5.41) is 0. The van der Waals surface area contributed by atoms with Crippen LogP contribution in [0.1, 0.15) is 47.2 Å². The van der Waals surface area contributed by atoms with Crippen molar-refractivity contribution >= 4 is 17.8 Å². The molecule has 1 aromatic carbocycles. The molecule has 0 bridgehead atoms. The van der Waals surface area contributed by atoms with Crippen molar-refractivity contribution in [2.75, 3.05) is 6.61 Å². The second-order valence-corrected chi connectivity index (χ2v) is 7.08. The van der Waals surface area contributed by atoms with Crippen LogP contribution in [0.15, 0.2) is 42.5 Å². The quantitative estimate of drug-likeness (QED) is 0.596. The van der Waals surface area contributed by atoms with E-state index in [1.54, 1.807) is 63.2 Å². The fraction of sp³-hybridized carbons (Fsp3) is 0.300. The molecule has 0 spiro atoms. The van der Waals surface area contributed by atoms with Gasteiger partial charge in [-0.25, -0.2) is 9.78 Å². The number of nitrogens with zero attached hydrogens (tertiary/aromatic N) is 2. The maximum Gasteiger partial charge on any atom is 0.344 e. The van der Waals surface area contributed by atoms with Crippen LogP contribution in [-0.4, -0.2) is 39.9 Å². The van der Waals surface area contributed by atoms with Crippen LogP contribution in [0.2, 0.25) is 0 Å². The summed E-state index contributed by atoms with van der Waals surface area (Å²) in [4.78, 5) is 42.0. The van der Waals surface area contributed by atoms with Crippen LogP contribution in [0.5, 0.6) is 5.88 Å². The fourth-order valence-corrected chi connectivity index (χ4v) is 2.67. The number of hydrogen-bond acceptors (Lipinski definition) is 6. The van der Waals surface area contributed by atoms with Gasteiger partial charge in [0.05, 0.1) is 23.4 Å². The zero-order chi connectivity index (χ0) is 19.6. The molecule has 0 unspecified atom stereocenters. The van der Waals surface area contributed by atoms with Crippen molar-refractivity contribution in [1.29, 1.82) is 0 Å². The zero-order valence-electron chi connectivity index (χ0n) is 15.4. The van der Waals surface area contributed by atoms with Gasteiger partial charge in [0.2, 0.25) is 5.88 Å². The molecule has 0 saturated heterocycles. The third kappa shape index (κ3) is 4.31. The second kappa shape index (κ2) is 7.19. The van der Waals surface area contributed by atoms with Crippen molar-refractivity contribution in [3.63, 3.8) is 0 Å². The Bertz CT molecular complexity index is 866. The van der Waals surface area contributed by atoms with E-state index in [0.717, 1.165) is 4.90 Å². The number of esters is 1. The molecule has 7 nitrogen and oxygen atoms in total. The van der Waals surface area contributed by atoms with Gasteiger partial charge in [-0.3, -0.25) is 14.5 Å². The molecule has 0 fully saturated rings. The normalized spacial score (nSPS) is 13.5. The second-order valence-electron chi connectivity index (χ2n) is 7.08. The van der Waals surface area contributed by atoms with Gasteiger partial charge in [0, 0.05) is 6.07 Å². The first-order chi connectivity index (χ1) is 12.7. The first-order valence-corrected chi connectivity index (χ1v) is 8.50. The van der Waals surface area contributed by atoms with Gasteiger partial charge in [0.15, 0.2) is 6.61 Å². The molecule has 3 rings (SSSR count). The minimum Gasteiger partial charge on any atom is -0.466 e. The van der Waals surface area contributed by atoms with Crippen LogP contribution in [0.3, 0.4) is 0 Å². The number of amides is 2. The molecular formula is C20H20N2O5. The Labute approximate surface area is 156 Å². The summed E-state index contributed by atoms with van der Waals surface area (Å²) >= 11 is 0. The number of carbonyl (C=O) groups is 3. The van der Waals surface area contributed by atoms with E-state index in [0.29, 0.717) is 16.8 Å². The molecule has 1 aromatic heterocycles. The lowest BCUT2D eigenvalue weighted by Gasteiger charge is -2.19. The van der Waals surface area contributed by atoms with Gasteiger partial charge in [-0.05, 0) is 39.0 Å². The highest BCUT2D eigenvalue weighted by Crippen LogP contribution is 2.24. The standard InChI is InChI=1S/C20H20N2O5/c1-20(2,3)27-17(23)12-26-16-10-6-7-13(21-16)11-22-18(24)14-8-4-5-9-15(14)19(22)25/h4-10H,11-12H2,1-3H3. The van der Waals surface area contributed by atoms with E-state index >= 15 is 0 Å². The number of hydrogen-bond donors (Lipinski definition) is 0. The predicted octanol–water partition coefficient (Wildman–Crippen LogP) is 2.60. The van der Waals surface area contributed by atoms with E-state index in [4.69, 9.17) is 9.47 Å². The summed E-state index contributed by atoms with van der Waals surface area (Å²) in [5.41, 5.74) is 0.659. The molecule has 1 aliphatic heterocycles. The molecule has 0 aliphatic carbocycles. The lowest BCUT2D eigenvalue weighted by Crippen LogP contribution is -2.29. The largest absolute Gasteiger partial charge is 0.466 e. The third-order valence-corrected chi connectivity index (χ3v) is 3.74. The van der Waals surface area contributed by atoms with Crippen LogP contribution < -0.4 is 4.74 Å². The van der Waals surface area contributed by atoms with Gasteiger partial charge in [-0.15, -0.1) is 0 Å². The third-order valence-electron chi connectivity index (χ3n) is 3.74. The number of aromatic nitrogens is 1. The van der Waals surface area contributed by atoms with Crippen molar-refractivity contribution < 1.29 is 23.9 Å². The molecule has 2 aromatic rings. The van der Waals surface area contributed by atoms with Crippen molar-refractivity contribution in [3.05, 3.63) is 59.3 Å². The molecule has 7 heteroatoms. The highest BCUT2D eigenvalue weighted by Gasteiger charge is 2.35. The number of pyridine rings is 1. The van der Waals surface area contributed by atoms with Crippen LogP contribution in [0, 0.1) is 0 Å². The molecular weight excluding hydrogens is 348 g/mol. The highest BCUT2D eigenvalue weighted by atomic mass is 16.6. The van der Waals surface area contributed by atoms with Crippen LogP contribution >= 0.6 is 0 Å². The first kappa shape index (κ1) is 18.6. The Balaban J connectivity index is 1.66. The smallest absolute Gasteiger partial charge is 0.344 e. The van der Waals surface area contributed by atoms with Crippen molar-refractivity contribution in [1.82, 2.24) is 9.88 Å². The lowest BCUT2D eigenvalue weighted by atomic mass is 10.1. The van der Waals surface area contributed by atoms with Crippen LogP contribution in [-0.2, 0) is 16.1 Å². The molecule has 27 heavy (non-hydrogen) atoms. The van der Waals surface area contributed by atoms with Crippen molar-refractivity contribution in [3.8, 4) is 5.88 Å². The molecule has 2 heterocycles. The van der Waals surface area contributed by atoms with Gasteiger partial charge in [-0.1, -0.05) is 18.2 Å². The molecule has 0 N–H and O–H groups in total. The molecule has 140 valence electrons. The van der Waals surface area contributed by atoms with Gasteiger partial charge >= 0.3 is 5.97 Å². The van der Waals surface area contributed by atoms with Gasteiger partial charge in [-0.2, -0.15) is 0 Å². The topological polar surface area (TPSA) is 85.8 Å². The molecule has 1 aliphatic rings. The average molecular weight is 368 g/mol. The molecule has 0 atom stereocenters. The Morgan fingerprint density at radius 3 is 2.22 bits per heavy atom. The number of ether oxygens (including phenoxy) is 2. The Morgan fingerprint density at radius 2 is 1.63 bits per heavy atom. The van der Waals surface area contributed by atoms with E-state index in [1.165, 1.54) is 0 Å². The molecule has 0 radical (unpaired) electrons. The number of carbonyl (C=O) groups excluding carboxylic acids is 3. The summed E-state index contributed by atoms with van der Waals surface area (Å²) in [6.07, 6.45) is 0. The predicted molar refractivity (Wildman–Crippen MR) is 96.2 cm³/mol. The van der Waals surface area contributed by atoms with Gasteiger partial charge in [0.1, 0.15) is 5.60 Å². The SMILES string of the molecule is CC(C)(C)OC(=O)COc1cccc(CN2C(=O)c3ccccc3C2=O)n1. The Morgan fingerprint density at radius 1 is 1.00 bits per heavy atom. The van der Waals surface area contributed by atoms with Gasteiger partial charge < -0.3 is 9.47 Å². The molecule has 2 amide bonds. The average Bonchev–Trinajstić information content (AvgIpc) is 2.84. The van der Waals surface area contributed by atoms with E-state index in [1.807, 2.05) is 0 Å². The first-order valence-electron chi connectivity index (χ1n) is 8.50. The monoisotopic (exact) mass is 368 g/mol. The lowest BCUT2D eigenvalue weighted by molar-refractivity contribution is -0.157. The van der Waals surface area contributed by atoms with E-state index in [-0.39, 0.29) is 30.8 Å². The Kier molecular flexibility index (Phi) is 4.94. The van der Waals surface area contributed by atoms with Crippen molar-refractivity contribution in [2.24, 2.45) is 0 Å². The fourth-order valence-electron chi connectivity index (χ4n) is 2.67. The molecule has 0 saturated carbocycles. The van der Waals surface area contributed by atoms with Gasteiger partial charge in [0.25, 0.3) is 11.8 Å². The van der Waals surface area contributed by atoms with E-state index in [2.05, 4.69) is 4.98 Å². The number of rotatable bonds is 5. The Hall–Kier alpha value is -3.22.